The zero-order valence-corrected chi connectivity index (χ0v) is 9.50. The van der Waals surface area contributed by atoms with Crippen molar-refractivity contribution in [2.45, 2.75) is 31.7 Å². The van der Waals surface area contributed by atoms with Gasteiger partial charge in [0, 0.05) is 6.42 Å². The topological polar surface area (TPSA) is 92.4 Å². The SMILES string of the molecule is NCCCC[C@H](NC(=O)CCS)C(=O)O. The number of hydrogen-bond donors (Lipinski definition) is 4. The van der Waals surface area contributed by atoms with E-state index in [-0.39, 0.29) is 12.3 Å². The molecule has 0 radical (unpaired) electrons. The number of carbonyl (C=O) groups excluding carboxylic acids is 1. The predicted octanol–water partition coefficient (Wildman–Crippen LogP) is 0.00470. The van der Waals surface area contributed by atoms with Gasteiger partial charge in [-0.3, -0.25) is 4.79 Å². The Balaban J connectivity index is 3.93. The van der Waals surface area contributed by atoms with Crippen molar-refractivity contribution in [3.05, 3.63) is 0 Å². The lowest BCUT2D eigenvalue weighted by molar-refractivity contribution is -0.142. The smallest absolute Gasteiger partial charge is 0.326 e. The summed E-state index contributed by atoms with van der Waals surface area (Å²) in [5.41, 5.74) is 5.29. The maximum atomic E-state index is 11.1. The van der Waals surface area contributed by atoms with Crippen LogP contribution >= 0.6 is 12.6 Å². The van der Waals surface area contributed by atoms with Crippen molar-refractivity contribution >= 4 is 24.5 Å². The molecule has 0 bridgehead atoms. The van der Waals surface area contributed by atoms with E-state index in [4.69, 9.17) is 10.8 Å². The number of hydrogen-bond acceptors (Lipinski definition) is 4. The van der Waals surface area contributed by atoms with E-state index in [1.165, 1.54) is 0 Å². The Kier molecular flexibility index (Phi) is 8.12. The molecule has 0 aromatic heterocycles. The summed E-state index contributed by atoms with van der Waals surface area (Å²) in [7, 11) is 0. The molecule has 0 aromatic carbocycles. The Bertz CT molecular complexity index is 212. The minimum atomic E-state index is -1.00. The first-order valence-corrected chi connectivity index (χ1v) is 5.58. The van der Waals surface area contributed by atoms with Crippen molar-refractivity contribution in [1.82, 2.24) is 5.32 Å². The van der Waals surface area contributed by atoms with Gasteiger partial charge in [0.2, 0.25) is 5.91 Å². The van der Waals surface area contributed by atoms with Gasteiger partial charge in [0.1, 0.15) is 6.04 Å². The highest BCUT2D eigenvalue weighted by molar-refractivity contribution is 7.80. The second-order valence-corrected chi connectivity index (χ2v) is 3.66. The van der Waals surface area contributed by atoms with Crippen LogP contribution in [0.4, 0.5) is 0 Å². The zero-order valence-electron chi connectivity index (χ0n) is 8.61. The summed E-state index contributed by atoms with van der Waals surface area (Å²) in [6.07, 6.45) is 2.13. The van der Waals surface area contributed by atoms with Crippen LogP contribution in [0.25, 0.3) is 0 Å². The first-order chi connectivity index (χ1) is 7.11. The molecule has 0 aromatic rings. The van der Waals surface area contributed by atoms with E-state index in [0.29, 0.717) is 25.1 Å². The van der Waals surface area contributed by atoms with Crippen molar-refractivity contribution in [2.75, 3.05) is 12.3 Å². The molecule has 0 fully saturated rings. The van der Waals surface area contributed by atoms with Crippen molar-refractivity contribution < 1.29 is 14.7 Å². The molecule has 0 heterocycles. The summed E-state index contributed by atoms with van der Waals surface area (Å²) >= 11 is 3.90. The summed E-state index contributed by atoms with van der Waals surface area (Å²) in [5, 5.41) is 11.3. The first kappa shape index (κ1) is 14.2. The number of unbranched alkanes of at least 4 members (excludes halogenated alkanes) is 1. The Hall–Kier alpha value is -0.750. The number of aliphatic carboxylic acids is 1. The van der Waals surface area contributed by atoms with Crippen LogP contribution in [0.2, 0.25) is 0 Å². The third-order valence-electron chi connectivity index (χ3n) is 1.92. The summed E-state index contributed by atoms with van der Waals surface area (Å²) in [4.78, 5) is 21.9. The summed E-state index contributed by atoms with van der Waals surface area (Å²) in [5.74, 6) is -0.856. The van der Waals surface area contributed by atoms with E-state index in [1.807, 2.05) is 0 Å². The molecule has 1 amide bonds. The molecule has 4 N–H and O–H groups in total. The standard InChI is InChI=1S/C9H18N2O3S/c10-5-2-1-3-7(9(13)14)11-8(12)4-6-15/h7,15H,1-6,10H2,(H,11,12)(H,13,14)/t7-/m0/s1. The van der Waals surface area contributed by atoms with E-state index < -0.39 is 12.0 Å². The second-order valence-electron chi connectivity index (χ2n) is 3.22. The third kappa shape index (κ3) is 7.21. The molecule has 0 saturated heterocycles. The fraction of sp³-hybridized carbons (Fsp3) is 0.778. The van der Waals surface area contributed by atoms with Gasteiger partial charge in [0.05, 0.1) is 0 Å². The molecule has 0 saturated carbocycles. The van der Waals surface area contributed by atoms with Crippen LogP contribution in [0.15, 0.2) is 0 Å². The average molecular weight is 234 g/mol. The van der Waals surface area contributed by atoms with Crippen molar-refractivity contribution in [3.63, 3.8) is 0 Å². The van der Waals surface area contributed by atoms with Crippen LogP contribution in [0.3, 0.4) is 0 Å². The fourth-order valence-electron chi connectivity index (χ4n) is 1.12. The molecule has 5 nitrogen and oxygen atoms in total. The molecular weight excluding hydrogens is 216 g/mol. The zero-order chi connectivity index (χ0) is 11.7. The number of nitrogens with one attached hydrogen (secondary N) is 1. The highest BCUT2D eigenvalue weighted by atomic mass is 32.1. The Morgan fingerprint density at radius 3 is 2.53 bits per heavy atom. The van der Waals surface area contributed by atoms with Gasteiger partial charge in [0.25, 0.3) is 0 Å². The number of carboxylic acid groups (broad SMARTS) is 1. The molecule has 15 heavy (non-hydrogen) atoms. The molecule has 6 heteroatoms. The lowest BCUT2D eigenvalue weighted by Crippen LogP contribution is -2.40. The Morgan fingerprint density at radius 1 is 1.40 bits per heavy atom. The van der Waals surface area contributed by atoms with Gasteiger partial charge in [-0.15, -0.1) is 0 Å². The lowest BCUT2D eigenvalue weighted by atomic mass is 10.1. The van der Waals surface area contributed by atoms with Gasteiger partial charge in [-0.2, -0.15) is 12.6 Å². The van der Waals surface area contributed by atoms with Gasteiger partial charge in [-0.1, -0.05) is 0 Å². The Morgan fingerprint density at radius 2 is 2.07 bits per heavy atom. The van der Waals surface area contributed by atoms with Crippen molar-refractivity contribution in [2.24, 2.45) is 5.73 Å². The fourth-order valence-corrected chi connectivity index (χ4v) is 1.32. The molecule has 88 valence electrons. The van der Waals surface area contributed by atoms with E-state index in [9.17, 15) is 9.59 Å². The number of thiol groups is 1. The van der Waals surface area contributed by atoms with Crippen LogP contribution in [-0.2, 0) is 9.59 Å². The van der Waals surface area contributed by atoms with Crippen molar-refractivity contribution in [3.8, 4) is 0 Å². The van der Waals surface area contributed by atoms with Crippen LogP contribution < -0.4 is 11.1 Å². The molecule has 0 unspecified atom stereocenters. The molecular formula is C9H18N2O3S. The quantitative estimate of drug-likeness (QED) is 0.351. The first-order valence-electron chi connectivity index (χ1n) is 4.95. The van der Waals surface area contributed by atoms with Crippen LogP contribution in [-0.4, -0.2) is 35.3 Å². The molecule has 1 atom stereocenters. The van der Waals surface area contributed by atoms with Crippen LogP contribution in [0, 0.1) is 0 Å². The van der Waals surface area contributed by atoms with Gasteiger partial charge in [0.15, 0.2) is 0 Å². The molecule has 0 spiro atoms. The summed E-state index contributed by atoms with van der Waals surface area (Å²) < 4.78 is 0. The number of carboxylic acids is 1. The van der Waals surface area contributed by atoms with Crippen LogP contribution in [0.1, 0.15) is 25.7 Å². The summed E-state index contributed by atoms with van der Waals surface area (Å²) in [6.45, 7) is 0.539. The molecule has 0 aliphatic heterocycles. The molecule has 0 aliphatic carbocycles. The van der Waals surface area contributed by atoms with E-state index in [1.54, 1.807) is 0 Å². The highest BCUT2D eigenvalue weighted by Crippen LogP contribution is 2.01. The van der Waals surface area contributed by atoms with Crippen LogP contribution in [0.5, 0.6) is 0 Å². The number of nitrogens with two attached hydrogens (primary N) is 1. The predicted molar refractivity (Wildman–Crippen MR) is 60.9 cm³/mol. The van der Waals surface area contributed by atoms with E-state index in [2.05, 4.69) is 17.9 Å². The van der Waals surface area contributed by atoms with Crippen molar-refractivity contribution in [1.29, 1.82) is 0 Å². The average Bonchev–Trinajstić information content (AvgIpc) is 2.16. The van der Waals surface area contributed by atoms with Gasteiger partial charge in [-0.05, 0) is 31.6 Å². The molecule has 0 aliphatic rings. The van der Waals surface area contributed by atoms with E-state index >= 15 is 0 Å². The highest BCUT2D eigenvalue weighted by Gasteiger charge is 2.18. The second kappa shape index (κ2) is 8.55. The minimum absolute atomic E-state index is 0.240. The van der Waals surface area contributed by atoms with E-state index in [0.717, 1.165) is 6.42 Å². The number of rotatable bonds is 8. The third-order valence-corrected chi connectivity index (χ3v) is 2.14. The minimum Gasteiger partial charge on any atom is -0.480 e. The maximum absolute atomic E-state index is 11.1. The number of amides is 1. The normalized spacial score (nSPS) is 12.1. The lowest BCUT2D eigenvalue weighted by Gasteiger charge is -2.13. The number of carbonyl (C=O) groups is 2. The maximum Gasteiger partial charge on any atom is 0.326 e. The van der Waals surface area contributed by atoms with Gasteiger partial charge < -0.3 is 16.2 Å². The monoisotopic (exact) mass is 234 g/mol. The Labute approximate surface area is 94.8 Å². The summed E-state index contributed by atoms with van der Waals surface area (Å²) in [6, 6.07) is -0.802. The molecule has 0 rings (SSSR count). The van der Waals surface area contributed by atoms with Gasteiger partial charge in [-0.25, -0.2) is 4.79 Å². The largest absolute Gasteiger partial charge is 0.480 e. The van der Waals surface area contributed by atoms with Gasteiger partial charge >= 0.3 is 5.97 Å².